The second-order valence-electron chi connectivity index (χ2n) is 11.9. The molecule has 14 heteroatoms. The Hall–Kier alpha value is -1.46. The fourth-order valence-corrected chi connectivity index (χ4v) is 6.03. The van der Waals surface area contributed by atoms with Gasteiger partial charge in [-0.1, -0.05) is 64.7 Å². The van der Waals surface area contributed by atoms with E-state index < -0.39 is 98.3 Å². The lowest BCUT2D eigenvalue weighted by atomic mass is 9.86. The van der Waals surface area contributed by atoms with Gasteiger partial charge in [0.05, 0.1) is 25.4 Å². The minimum absolute atomic E-state index is 0.320. The highest BCUT2D eigenvalue weighted by molar-refractivity contribution is 5.85. The molecule has 250 valence electrons. The molecular formula is C29H52N2O12. The van der Waals surface area contributed by atoms with Gasteiger partial charge in [0.15, 0.2) is 6.29 Å². The zero-order chi connectivity index (χ0) is 31.6. The maximum atomic E-state index is 13.5. The van der Waals surface area contributed by atoms with Crippen molar-refractivity contribution in [1.29, 1.82) is 0 Å². The van der Waals surface area contributed by atoms with E-state index in [9.17, 15) is 40.2 Å². The number of carbonyl (C=O) groups excluding carboxylic acids is 2. The van der Waals surface area contributed by atoms with Gasteiger partial charge in [0.1, 0.15) is 42.7 Å². The standard InChI is InChI=1S/C29H52N2O12/c1-3-4-5-6-7-8-9-10-11-12-13-40-27-22-26(24(38)20(16-33)41-27)43-29(28(39)31-22)14-18(35)21(30-17(2)34)25(42-29)23(37)19(36)15-32/h18-27,32-33,35-38H,3-16H2,1-2H3,(H,30,34)(H,31,39)/t18-,19+,20+,21+,22+,23+,24-,25+,26+,27+,29-/m0/s1. The smallest absolute Gasteiger partial charge is 0.280 e. The van der Waals surface area contributed by atoms with Crippen LogP contribution in [0, 0.1) is 0 Å². The van der Waals surface area contributed by atoms with E-state index in [0.717, 1.165) is 25.7 Å². The van der Waals surface area contributed by atoms with Gasteiger partial charge in [0, 0.05) is 20.0 Å². The molecule has 0 aromatic heterocycles. The van der Waals surface area contributed by atoms with Crippen LogP contribution >= 0.6 is 0 Å². The molecule has 0 radical (unpaired) electrons. The number of aliphatic hydroxyl groups excluding tert-OH is 6. The summed E-state index contributed by atoms with van der Waals surface area (Å²) >= 11 is 0. The molecule has 0 saturated carbocycles. The van der Waals surface area contributed by atoms with Crippen LogP contribution in [0.25, 0.3) is 0 Å². The summed E-state index contributed by atoms with van der Waals surface area (Å²) in [7, 11) is 0. The summed E-state index contributed by atoms with van der Waals surface area (Å²) in [6.45, 7) is 2.28. The molecule has 1 spiro atoms. The molecule has 3 heterocycles. The van der Waals surface area contributed by atoms with Crippen molar-refractivity contribution in [3.8, 4) is 0 Å². The van der Waals surface area contributed by atoms with E-state index in [0.29, 0.717) is 6.61 Å². The number of unbranched alkanes of at least 4 members (excludes halogenated alkanes) is 9. The number of morpholine rings is 1. The molecule has 8 N–H and O–H groups in total. The van der Waals surface area contributed by atoms with Gasteiger partial charge in [0.2, 0.25) is 5.91 Å². The Morgan fingerprint density at radius 2 is 1.67 bits per heavy atom. The summed E-state index contributed by atoms with van der Waals surface area (Å²) in [6.07, 6.45) is -0.412. The van der Waals surface area contributed by atoms with E-state index in [1.54, 1.807) is 0 Å². The van der Waals surface area contributed by atoms with Gasteiger partial charge in [-0.05, 0) is 6.42 Å². The van der Waals surface area contributed by atoms with Crippen molar-refractivity contribution in [1.82, 2.24) is 10.6 Å². The van der Waals surface area contributed by atoms with E-state index in [1.807, 2.05) is 0 Å². The maximum absolute atomic E-state index is 13.5. The van der Waals surface area contributed by atoms with Crippen molar-refractivity contribution >= 4 is 11.8 Å². The molecule has 2 amide bonds. The third-order valence-electron chi connectivity index (χ3n) is 8.46. The third kappa shape index (κ3) is 9.28. The zero-order valence-electron chi connectivity index (χ0n) is 25.3. The van der Waals surface area contributed by atoms with Crippen LogP contribution in [0.3, 0.4) is 0 Å². The first-order valence-electron chi connectivity index (χ1n) is 15.7. The molecule has 0 aliphatic carbocycles. The van der Waals surface area contributed by atoms with Crippen molar-refractivity contribution < 1.29 is 59.2 Å². The molecule has 43 heavy (non-hydrogen) atoms. The third-order valence-corrected chi connectivity index (χ3v) is 8.46. The summed E-state index contributed by atoms with van der Waals surface area (Å²) in [5.41, 5.74) is 0. The number of ether oxygens (including phenoxy) is 4. The molecule has 11 atom stereocenters. The van der Waals surface area contributed by atoms with Gasteiger partial charge in [-0.25, -0.2) is 0 Å². The van der Waals surface area contributed by atoms with Gasteiger partial charge in [0.25, 0.3) is 11.7 Å². The van der Waals surface area contributed by atoms with Crippen LogP contribution < -0.4 is 10.6 Å². The maximum Gasteiger partial charge on any atom is 0.280 e. The van der Waals surface area contributed by atoms with Crippen LogP contribution in [0.1, 0.15) is 84.5 Å². The number of hydrogen-bond acceptors (Lipinski definition) is 12. The fraction of sp³-hybridized carbons (Fsp3) is 0.931. The average molecular weight is 621 g/mol. The zero-order valence-corrected chi connectivity index (χ0v) is 25.3. The predicted octanol–water partition coefficient (Wildman–Crippen LogP) is -1.05. The molecule has 0 aromatic rings. The van der Waals surface area contributed by atoms with Crippen LogP contribution in [-0.2, 0) is 28.5 Å². The topological polar surface area (TPSA) is 216 Å². The van der Waals surface area contributed by atoms with Crippen molar-refractivity contribution in [3.63, 3.8) is 0 Å². The summed E-state index contributed by atoms with van der Waals surface area (Å²) < 4.78 is 23.6. The van der Waals surface area contributed by atoms with Crippen molar-refractivity contribution in [2.24, 2.45) is 0 Å². The Balaban J connectivity index is 1.64. The summed E-state index contributed by atoms with van der Waals surface area (Å²) in [6, 6.07) is -2.24. The highest BCUT2D eigenvalue weighted by Gasteiger charge is 2.62. The second kappa shape index (κ2) is 17.3. The van der Waals surface area contributed by atoms with Gasteiger partial charge in [-0.2, -0.15) is 0 Å². The summed E-state index contributed by atoms with van der Waals surface area (Å²) in [5.74, 6) is -3.66. The lowest BCUT2D eigenvalue weighted by Crippen LogP contribution is -2.77. The van der Waals surface area contributed by atoms with Crippen molar-refractivity contribution in [2.75, 3.05) is 19.8 Å². The molecule has 0 aromatic carbocycles. The number of hydrogen-bond donors (Lipinski definition) is 8. The molecule has 3 rings (SSSR count). The number of rotatable bonds is 17. The Morgan fingerprint density at radius 3 is 2.26 bits per heavy atom. The fourth-order valence-electron chi connectivity index (χ4n) is 6.03. The first-order chi connectivity index (χ1) is 20.6. The number of amides is 2. The molecule has 3 fully saturated rings. The molecule has 3 aliphatic heterocycles. The van der Waals surface area contributed by atoms with Gasteiger partial charge >= 0.3 is 0 Å². The molecule has 0 unspecified atom stereocenters. The first-order valence-corrected chi connectivity index (χ1v) is 15.7. The van der Waals surface area contributed by atoms with Crippen molar-refractivity contribution in [2.45, 2.75) is 151 Å². The molecule has 14 nitrogen and oxygen atoms in total. The van der Waals surface area contributed by atoms with Crippen LogP contribution in [0.5, 0.6) is 0 Å². The second-order valence-corrected chi connectivity index (χ2v) is 11.9. The van der Waals surface area contributed by atoms with Gasteiger partial charge < -0.3 is 60.2 Å². The molecule has 3 saturated heterocycles. The van der Waals surface area contributed by atoms with Crippen molar-refractivity contribution in [3.05, 3.63) is 0 Å². The average Bonchev–Trinajstić information content (AvgIpc) is 2.98. The number of aliphatic hydroxyl groups is 6. The molecule has 0 bridgehead atoms. The van der Waals surface area contributed by atoms with Crippen LogP contribution in [0.4, 0.5) is 0 Å². The van der Waals surface area contributed by atoms with Gasteiger partial charge in [-0.3, -0.25) is 9.59 Å². The Kier molecular flexibility index (Phi) is 14.5. The molecular weight excluding hydrogens is 568 g/mol. The first kappa shape index (κ1) is 36.0. The summed E-state index contributed by atoms with van der Waals surface area (Å²) in [5, 5.41) is 67.1. The largest absolute Gasteiger partial charge is 0.394 e. The van der Waals surface area contributed by atoms with Crippen LogP contribution in [-0.4, -0.2) is 129 Å². The lowest BCUT2D eigenvalue weighted by Gasteiger charge is -2.54. The Morgan fingerprint density at radius 1 is 1.05 bits per heavy atom. The molecule has 3 aliphatic rings. The predicted molar refractivity (Wildman–Crippen MR) is 151 cm³/mol. The monoisotopic (exact) mass is 620 g/mol. The normalized spacial score (nSPS) is 35.7. The number of carbonyl (C=O) groups is 2. The van der Waals surface area contributed by atoms with E-state index in [4.69, 9.17) is 18.9 Å². The minimum Gasteiger partial charge on any atom is -0.394 e. The highest BCUT2D eigenvalue weighted by Crippen LogP contribution is 2.40. The van der Waals surface area contributed by atoms with E-state index in [-0.39, 0.29) is 0 Å². The number of nitrogens with one attached hydrogen (secondary N) is 2. The SMILES string of the molecule is CCCCCCCCCCCCO[C@@H]1O[C@H](CO)[C@H](O)[C@@H]2O[C@@]3(C[C@H](O)[C@@H](NC(C)=O)[C@H]([C@H](O)[C@H](O)CO)O3)C(=O)N[C@@H]12. The van der Waals surface area contributed by atoms with E-state index in [1.165, 1.54) is 45.4 Å². The Bertz CT molecular complexity index is 867. The van der Waals surface area contributed by atoms with E-state index in [2.05, 4.69) is 17.6 Å². The van der Waals surface area contributed by atoms with E-state index >= 15 is 0 Å². The van der Waals surface area contributed by atoms with Crippen LogP contribution in [0.15, 0.2) is 0 Å². The summed E-state index contributed by atoms with van der Waals surface area (Å²) in [4.78, 5) is 25.3. The van der Waals surface area contributed by atoms with Crippen LogP contribution in [0.2, 0.25) is 0 Å². The highest BCUT2D eigenvalue weighted by atomic mass is 16.7. The number of fused-ring (bicyclic) bond motifs is 1. The minimum atomic E-state index is -2.24. The lowest BCUT2D eigenvalue weighted by molar-refractivity contribution is -0.364. The van der Waals surface area contributed by atoms with Gasteiger partial charge in [-0.15, -0.1) is 0 Å². The quantitative estimate of drug-likeness (QED) is 0.0915. The Labute approximate surface area is 253 Å².